The molecule has 1 heterocycles. The Morgan fingerprint density at radius 2 is 1.90 bits per heavy atom. The quantitative estimate of drug-likeness (QED) is 0.909. The molecule has 0 atom stereocenters. The molecule has 1 aromatic rings. The minimum atomic E-state index is 0.409. The summed E-state index contributed by atoms with van der Waals surface area (Å²) in [6.45, 7) is 9.92. The fourth-order valence-corrected chi connectivity index (χ4v) is 3.55. The highest BCUT2D eigenvalue weighted by Crippen LogP contribution is 2.38. The normalized spacial score (nSPS) is 17.6. The molecule has 0 radical (unpaired) electrons. The van der Waals surface area contributed by atoms with Crippen LogP contribution < -0.4 is 10.6 Å². The largest absolute Gasteiger partial charge is 0.370 e. The highest BCUT2D eigenvalue weighted by molar-refractivity contribution is 6.33. The van der Waals surface area contributed by atoms with Crippen molar-refractivity contribution < 1.29 is 0 Å². The highest BCUT2D eigenvalue weighted by Gasteiger charge is 2.29. The van der Waals surface area contributed by atoms with E-state index in [-0.39, 0.29) is 0 Å². The van der Waals surface area contributed by atoms with E-state index in [9.17, 15) is 0 Å². The lowest BCUT2D eigenvalue weighted by atomic mass is 9.75. The number of halogens is 1. The monoisotopic (exact) mass is 294 g/mol. The van der Waals surface area contributed by atoms with E-state index in [0.717, 1.165) is 30.5 Å². The molecular formula is C17H27ClN2. The molecule has 0 spiro atoms. The van der Waals surface area contributed by atoms with Gasteiger partial charge in [0, 0.05) is 13.1 Å². The first-order valence-electron chi connectivity index (χ1n) is 7.66. The van der Waals surface area contributed by atoms with E-state index in [0.29, 0.717) is 12.0 Å². The van der Waals surface area contributed by atoms with E-state index in [2.05, 4.69) is 31.7 Å². The van der Waals surface area contributed by atoms with Crippen LogP contribution in [0.25, 0.3) is 0 Å². The summed E-state index contributed by atoms with van der Waals surface area (Å²) in [5.74, 6) is 0.805. The lowest BCUT2D eigenvalue weighted by Gasteiger charge is -2.40. The molecule has 0 saturated carbocycles. The van der Waals surface area contributed by atoms with Crippen molar-refractivity contribution in [2.24, 2.45) is 17.1 Å². The van der Waals surface area contributed by atoms with Gasteiger partial charge in [0.25, 0.3) is 0 Å². The average Bonchev–Trinajstić information content (AvgIpc) is 2.38. The Hall–Kier alpha value is -0.730. The fourth-order valence-electron chi connectivity index (χ4n) is 3.24. The predicted octanol–water partition coefficient (Wildman–Crippen LogP) is 4.10. The summed E-state index contributed by atoms with van der Waals surface area (Å²) in [4.78, 5) is 2.45. The Morgan fingerprint density at radius 3 is 2.45 bits per heavy atom. The molecule has 112 valence electrons. The third-order valence-corrected chi connectivity index (χ3v) is 4.82. The van der Waals surface area contributed by atoms with Gasteiger partial charge in [0.2, 0.25) is 0 Å². The van der Waals surface area contributed by atoms with Gasteiger partial charge in [-0.25, -0.2) is 0 Å². The lowest BCUT2D eigenvalue weighted by Crippen LogP contribution is -2.38. The summed E-state index contributed by atoms with van der Waals surface area (Å²) in [5, 5.41) is 0.866. The van der Waals surface area contributed by atoms with Crippen LogP contribution in [-0.4, -0.2) is 19.6 Å². The van der Waals surface area contributed by atoms with Crippen LogP contribution in [0.3, 0.4) is 0 Å². The van der Waals surface area contributed by atoms with Crippen molar-refractivity contribution >= 4 is 17.3 Å². The molecule has 2 nitrogen and oxygen atoms in total. The summed E-state index contributed by atoms with van der Waals surface area (Å²) in [7, 11) is 0. The van der Waals surface area contributed by atoms with Gasteiger partial charge >= 0.3 is 0 Å². The van der Waals surface area contributed by atoms with Crippen LogP contribution in [0.15, 0.2) is 18.2 Å². The van der Waals surface area contributed by atoms with Crippen molar-refractivity contribution in [1.29, 1.82) is 0 Å². The SMILES string of the molecule is CC(C)(C)C1CCN(c2c(Cl)cccc2CCN)CC1. The standard InChI is InChI=1S/C17H27ClN2/c1-17(2,3)14-8-11-20(12-9-14)16-13(7-10-19)5-4-6-15(16)18/h4-6,14H,7-12,19H2,1-3H3. The van der Waals surface area contributed by atoms with Gasteiger partial charge in [0.1, 0.15) is 0 Å². The molecule has 2 N–H and O–H groups in total. The van der Waals surface area contributed by atoms with Gasteiger partial charge in [-0.3, -0.25) is 0 Å². The van der Waals surface area contributed by atoms with E-state index < -0.39 is 0 Å². The minimum Gasteiger partial charge on any atom is -0.370 e. The first-order chi connectivity index (χ1) is 9.43. The van der Waals surface area contributed by atoms with Gasteiger partial charge in [0.05, 0.1) is 10.7 Å². The third-order valence-electron chi connectivity index (χ3n) is 4.52. The summed E-state index contributed by atoms with van der Waals surface area (Å²) in [6, 6.07) is 6.18. The van der Waals surface area contributed by atoms with Crippen LogP contribution in [0.4, 0.5) is 5.69 Å². The van der Waals surface area contributed by atoms with Crippen LogP contribution in [0.1, 0.15) is 39.2 Å². The van der Waals surface area contributed by atoms with Crippen molar-refractivity contribution in [1.82, 2.24) is 0 Å². The number of rotatable bonds is 3. The smallest absolute Gasteiger partial charge is 0.0642 e. The van der Waals surface area contributed by atoms with E-state index >= 15 is 0 Å². The Bertz CT molecular complexity index is 443. The third kappa shape index (κ3) is 3.48. The fraction of sp³-hybridized carbons (Fsp3) is 0.647. The van der Waals surface area contributed by atoms with Crippen molar-refractivity contribution in [2.45, 2.75) is 40.0 Å². The van der Waals surface area contributed by atoms with Crippen LogP contribution in [0, 0.1) is 11.3 Å². The summed E-state index contributed by atoms with van der Waals surface area (Å²) in [6.07, 6.45) is 3.39. The van der Waals surface area contributed by atoms with Crippen molar-refractivity contribution in [3.8, 4) is 0 Å². The van der Waals surface area contributed by atoms with E-state index in [1.807, 2.05) is 12.1 Å². The average molecular weight is 295 g/mol. The molecule has 1 fully saturated rings. The van der Waals surface area contributed by atoms with Crippen LogP contribution in [-0.2, 0) is 6.42 Å². The molecule has 0 unspecified atom stereocenters. The number of para-hydroxylation sites is 1. The number of hydrogen-bond donors (Lipinski definition) is 1. The van der Waals surface area contributed by atoms with E-state index in [4.69, 9.17) is 17.3 Å². The van der Waals surface area contributed by atoms with Gasteiger partial charge in [-0.15, -0.1) is 0 Å². The van der Waals surface area contributed by atoms with E-state index in [1.54, 1.807) is 0 Å². The molecule has 2 rings (SSSR count). The zero-order valence-corrected chi connectivity index (χ0v) is 13.7. The molecule has 1 saturated heterocycles. The van der Waals surface area contributed by atoms with Crippen LogP contribution in [0.5, 0.6) is 0 Å². The summed E-state index contributed by atoms with van der Waals surface area (Å²) >= 11 is 6.44. The second-order valence-electron chi connectivity index (χ2n) is 6.91. The maximum absolute atomic E-state index is 6.44. The van der Waals surface area contributed by atoms with Gasteiger partial charge in [-0.05, 0) is 48.8 Å². The Labute approximate surface area is 128 Å². The second-order valence-corrected chi connectivity index (χ2v) is 7.32. The molecule has 20 heavy (non-hydrogen) atoms. The summed E-state index contributed by atoms with van der Waals surface area (Å²) < 4.78 is 0. The van der Waals surface area contributed by atoms with Crippen LogP contribution >= 0.6 is 11.6 Å². The molecule has 1 aliphatic heterocycles. The molecule has 0 aromatic heterocycles. The van der Waals surface area contributed by atoms with E-state index in [1.165, 1.54) is 24.1 Å². The minimum absolute atomic E-state index is 0.409. The number of anilines is 1. The van der Waals surface area contributed by atoms with Gasteiger partial charge in [-0.2, -0.15) is 0 Å². The number of nitrogens with two attached hydrogens (primary N) is 1. The topological polar surface area (TPSA) is 29.3 Å². The van der Waals surface area contributed by atoms with Crippen molar-refractivity contribution in [2.75, 3.05) is 24.5 Å². The number of hydrogen-bond acceptors (Lipinski definition) is 2. The lowest BCUT2D eigenvalue weighted by molar-refractivity contribution is 0.199. The molecular weight excluding hydrogens is 268 g/mol. The van der Waals surface area contributed by atoms with Gasteiger partial charge < -0.3 is 10.6 Å². The zero-order valence-electron chi connectivity index (χ0n) is 13.0. The number of nitrogens with zero attached hydrogens (tertiary/aromatic N) is 1. The molecule has 0 bridgehead atoms. The van der Waals surface area contributed by atoms with Crippen LogP contribution in [0.2, 0.25) is 5.02 Å². The molecule has 0 amide bonds. The maximum atomic E-state index is 6.44. The Balaban J connectivity index is 2.14. The highest BCUT2D eigenvalue weighted by atomic mass is 35.5. The zero-order chi connectivity index (χ0) is 14.8. The van der Waals surface area contributed by atoms with Crippen molar-refractivity contribution in [3.05, 3.63) is 28.8 Å². The maximum Gasteiger partial charge on any atom is 0.0642 e. The molecule has 1 aliphatic rings. The van der Waals surface area contributed by atoms with Crippen molar-refractivity contribution in [3.63, 3.8) is 0 Å². The summed E-state index contributed by atoms with van der Waals surface area (Å²) in [5.41, 5.74) is 8.64. The predicted molar refractivity (Wildman–Crippen MR) is 88.6 cm³/mol. The first-order valence-corrected chi connectivity index (χ1v) is 8.03. The molecule has 0 aliphatic carbocycles. The Morgan fingerprint density at radius 1 is 1.25 bits per heavy atom. The van der Waals surface area contributed by atoms with Gasteiger partial charge in [-0.1, -0.05) is 44.5 Å². The second kappa shape index (κ2) is 6.36. The first kappa shape index (κ1) is 15.7. The molecule has 3 heteroatoms. The van der Waals surface area contributed by atoms with Gasteiger partial charge in [0.15, 0.2) is 0 Å². The number of piperidine rings is 1. The molecule has 1 aromatic carbocycles. The Kier molecular flexibility index (Phi) is 4.98. The number of benzene rings is 1.